The van der Waals surface area contributed by atoms with Crippen LogP contribution in [0.2, 0.25) is 0 Å². The van der Waals surface area contributed by atoms with E-state index in [1.165, 1.54) is 93.5 Å². The smallest absolute Gasteiger partial charge is 0.0155 e. The SMILES string of the molecule is CC1(C)C2=CC(c3ccc(-c4ccc(-c5ccc6ccc7cccc8ccc5c6c78)cc4)c(-c4ccccc4)c3)CC=C2c2ccccc21. The largest absolute Gasteiger partial charge is 0.0754 e. The van der Waals surface area contributed by atoms with Gasteiger partial charge < -0.3 is 0 Å². The van der Waals surface area contributed by atoms with Crippen LogP contribution in [-0.4, -0.2) is 0 Å². The van der Waals surface area contributed by atoms with Gasteiger partial charge in [0.2, 0.25) is 0 Å². The molecule has 0 saturated carbocycles. The van der Waals surface area contributed by atoms with Crippen LogP contribution < -0.4 is 0 Å². The Morgan fingerprint density at radius 2 is 1.12 bits per heavy atom. The highest BCUT2D eigenvalue weighted by molar-refractivity contribution is 6.25. The molecule has 0 nitrogen and oxygen atoms in total. The zero-order valence-electron chi connectivity index (χ0n) is 27.9. The Hall–Kier alpha value is -5.72. The summed E-state index contributed by atoms with van der Waals surface area (Å²) < 4.78 is 0. The molecule has 0 saturated heterocycles. The lowest BCUT2D eigenvalue weighted by molar-refractivity contribution is 0.648. The van der Waals surface area contributed by atoms with Gasteiger partial charge in [0.1, 0.15) is 0 Å². The van der Waals surface area contributed by atoms with E-state index in [0.29, 0.717) is 5.92 Å². The fraction of sp³-hybridized carbons (Fsp3) is 0.102. The van der Waals surface area contributed by atoms with Crippen molar-refractivity contribution in [2.24, 2.45) is 0 Å². The third-order valence-electron chi connectivity index (χ3n) is 11.4. The molecule has 49 heavy (non-hydrogen) atoms. The highest BCUT2D eigenvalue weighted by atomic mass is 14.4. The zero-order valence-corrected chi connectivity index (χ0v) is 27.9. The molecule has 1 unspecified atom stereocenters. The minimum atomic E-state index is 0.0136. The molecule has 0 heterocycles. The van der Waals surface area contributed by atoms with Gasteiger partial charge in [0.25, 0.3) is 0 Å². The summed E-state index contributed by atoms with van der Waals surface area (Å²) >= 11 is 0. The van der Waals surface area contributed by atoms with Crippen molar-refractivity contribution in [1.29, 1.82) is 0 Å². The minimum absolute atomic E-state index is 0.0136. The number of allylic oxidation sites excluding steroid dienone is 4. The average Bonchev–Trinajstić information content (AvgIpc) is 3.39. The van der Waals surface area contributed by atoms with Crippen LogP contribution in [0.3, 0.4) is 0 Å². The van der Waals surface area contributed by atoms with Gasteiger partial charge in [-0.3, -0.25) is 0 Å². The van der Waals surface area contributed by atoms with Gasteiger partial charge in [-0.05, 0) is 106 Å². The second-order valence-electron chi connectivity index (χ2n) is 14.4. The summed E-state index contributed by atoms with van der Waals surface area (Å²) in [6, 6.07) is 56.6. The minimum Gasteiger partial charge on any atom is -0.0754 e. The first-order chi connectivity index (χ1) is 24.0. The molecule has 0 heteroatoms. The van der Waals surface area contributed by atoms with E-state index in [4.69, 9.17) is 0 Å². The number of rotatable bonds is 4. The zero-order chi connectivity index (χ0) is 32.7. The predicted octanol–water partition coefficient (Wildman–Crippen LogP) is 13.4. The molecule has 0 N–H and O–H groups in total. The Morgan fingerprint density at radius 1 is 0.490 bits per heavy atom. The maximum absolute atomic E-state index is 2.56. The lowest BCUT2D eigenvalue weighted by Crippen LogP contribution is -2.17. The molecule has 0 spiro atoms. The third-order valence-corrected chi connectivity index (χ3v) is 11.4. The Bertz CT molecular complexity index is 2610. The highest BCUT2D eigenvalue weighted by Crippen LogP contribution is 2.53. The van der Waals surface area contributed by atoms with Crippen LogP contribution in [0.4, 0.5) is 0 Å². The quantitative estimate of drug-likeness (QED) is 0.171. The standard InChI is InChI=1S/C49H36/c1-49(2)45-14-7-6-13-41(45)42-27-24-38(30-46(42)49)37-23-26-40(44(29-37)31-9-4-3-5-10-31)33-17-15-32(16-18-33)39-25-21-36-20-19-34-11-8-12-35-22-28-43(39)48(36)47(34)35/h3-23,25-30,38H,24H2,1-2H3. The van der Waals surface area contributed by atoms with Crippen molar-refractivity contribution >= 4 is 37.9 Å². The maximum Gasteiger partial charge on any atom is 0.0155 e. The number of hydrogen-bond donors (Lipinski definition) is 0. The van der Waals surface area contributed by atoms with Gasteiger partial charge in [0.05, 0.1) is 0 Å². The molecule has 1 atom stereocenters. The molecule has 0 aromatic heterocycles. The first kappa shape index (κ1) is 28.3. The monoisotopic (exact) mass is 624 g/mol. The van der Waals surface area contributed by atoms with Gasteiger partial charge in [-0.15, -0.1) is 0 Å². The molecule has 0 radical (unpaired) electrons. The molecule has 2 aliphatic rings. The van der Waals surface area contributed by atoms with E-state index < -0.39 is 0 Å². The topological polar surface area (TPSA) is 0 Å². The lowest BCUT2D eigenvalue weighted by atomic mass is 9.76. The van der Waals surface area contributed by atoms with E-state index in [1.807, 2.05) is 0 Å². The number of fused-ring (bicyclic) bond motifs is 3. The second-order valence-corrected chi connectivity index (χ2v) is 14.4. The van der Waals surface area contributed by atoms with Gasteiger partial charge in [-0.1, -0.05) is 172 Å². The fourth-order valence-electron chi connectivity index (χ4n) is 8.87. The Kier molecular flexibility index (Phi) is 6.15. The van der Waals surface area contributed by atoms with Crippen molar-refractivity contribution in [3.63, 3.8) is 0 Å². The van der Waals surface area contributed by atoms with E-state index in [0.717, 1.165) is 6.42 Å². The third kappa shape index (κ3) is 4.30. The predicted molar refractivity (Wildman–Crippen MR) is 209 cm³/mol. The Balaban J connectivity index is 1.05. The van der Waals surface area contributed by atoms with Crippen LogP contribution in [0.25, 0.3) is 71.3 Å². The van der Waals surface area contributed by atoms with Crippen molar-refractivity contribution in [3.8, 4) is 33.4 Å². The van der Waals surface area contributed by atoms with Crippen LogP contribution in [0.15, 0.2) is 169 Å². The molecule has 0 amide bonds. The number of benzene rings is 8. The maximum atomic E-state index is 2.56. The van der Waals surface area contributed by atoms with Gasteiger partial charge in [0, 0.05) is 11.3 Å². The molecule has 0 aliphatic heterocycles. The van der Waals surface area contributed by atoms with Crippen LogP contribution >= 0.6 is 0 Å². The van der Waals surface area contributed by atoms with Gasteiger partial charge in [-0.2, -0.15) is 0 Å². The molecule has 8 aromatic rings. The summed E-state index contributed by atoms with van der Waals surface area (Å²) in [6.07, 6.45) is 6.07. The molecular formula is C49H36. The van der Waals surface area contributed by atoms with Crippen molar-refractivity contribution in [2.75, 3.05) is 0 Å². The second kappa shape index (κ2) is 10.6. The molecule has 0 bridgehead atoms. The summed E-state index contributed by atoms with van der Waals surface area (Å²) in [5.74, 6) is 0.348. The molecule has 0 fully saturated rings. The van der Waals surface area contributed by atoms with Gasteiger partial charge in [0.15, 0.2) is 0 Å². The van der Waals surface area contributed by atoms with Crippen LogP contribution in [0, 0.1) is 0 Å². The first-order valence-electron chi connectivity index (χ1n) is 17.5. The molecule has 232 valence electrons. The Labute approximate surface area is 288 Å². The van der Waals surface area contributed by atoms with Crippen molar-refractivity contribution in [1.82, 2.24) is 0 Å². The highest BCUT2D eigenvalue weighted by Gasteiger charge is 2.39. The summed E-state index contributed by atoms with van der Waals surface area (Å²) in [6.45, 7) is 4.76. The fourth-order valence-corrected chi connectivity index (χ4v) is 8.87. The number of hydrogen-bond acceptors (Lipinski definition) is 0. The van der Waals surface area contributed by atoms with Gasteiger partial charge in [-0.25, -0.2) is 0 Å². The Morgan fingerprint density at radius 3 is 1.92 bits per heavy atom. The summed E-state index contributed by atoms with van der Waals surface area (Å²) in [4.78, 5) is 0. The first-order valence-corrected chi connectivity index (χ1v) is 17.5. The van der Waals surface area contributed by atoms with E-state index >= 15 is 0 Å². The van der Waals surface area contributed by atoms with Gasteiger partial charge >= 0.3 is 0 Å². The van der Waals surface area contributed by atoms with Crippen LogP contribution in [-0.2, 0) is 5.41 Å². The van der Waals surface area contributed by atoms with E-state index in [1.54, 1.807) is 0 Å². The molecule has 8 aromatic carbocycles. The van der Waals surface area contributed by atoms with Crippen molar-refractivity contribution in [3.05, 3.63) is 186 Å². The van der Waals surface area contributed by atoms with Crippen molar-refractivity contribution in [2.45, 2.75) is 31.6 Å². The summed E-state index contributed by atoms with van der Waals surface area (Å²) in [7, 11) is 0. The average molecular weight is 625 g/mol. The molecule has 2 aliphatic carbocycles. The molecular weight excluding hydrogens is 589 g/mol. The molecule has 10 rings (SSSR count). The lowest BCUT2D eigenvalue weighted by Gasteiger charge is -2.27. The van der Waals surface area contributed by atoms with E-state index in [9.17, 15) is 0 Å². The van der Waals surface area contributed by atoms with Crippen molar-refractivity contribution < 1.29 is 0 Å². The van der Waals surface area contributed by atoms with Crippen LogP contribution in [0.1, 0.15) is 42.9 Å². The normalized spacial score (nSPS) is 16.5. The summed E-state index contributed by atoms with van der Waals surface area (Å²) in [5.41, 5.74) is 14.7. The summed E-state index contributed by atoms with van der Waals surface area (Å²) in [5, 5.41) is 7.95. The van der Waals surface area contributed by atoms with E-state index in [2.05, 4.69) is 178 Å². The van der Waals surface area contributed by atoms with Crippen LogP contribution in [0.5, 0.6) is 0 Å². The van der Waals surface area contributed by atoms with E-state index in [-0.39, 0.29) is 5.41 Å².